The van der Waals surface area contributed by atoms with E-state index >= 15 is 0 Å². The molecule has 156 valence electrons. The average Bonchev–Trinajstić information content (AvgIpc) is 2.71. The normalized spacial score (nSPS) is 11.8. The predicted octanol–water partition coefficient (Wildman–Crippen LogP) is 1.75. The van der Waals surface area contributed by atoms with E-state index in [0.717, 1.165) is 24.1 Å². The first-order chi connectivity index (χ1) is 13.8. The van der Waals surface area contributed by atoms with E-state index in [-0.39, 0.29) is 5.91 Å². The van der Waals surface area contributed by atoms with Crippen molar-refractivity contribution in [2.45, 2.75) is 24.8 Å². The predicted molar refractivity (Wildman–Crippen MR) is 116 cm³/mol. The summed E-state index contributed by atoms with van der Waals surface area (Å²) in [6.45, 7) is 3.82. The summed E-state index contributed by atoms with van der Waals surface area (Å²) >= 11 is 0. The van der Waals surface area contributed by atoms with Crippen LogP contribution in [0.15, 0.2) is 58.4 Å². The Hall–Kier alpha value is -2.87. The maximum Gasteiger partial charge on any atom is 0.251 e. The van der Waals surface area contributed by atoms with Crippen molar-refractivity contribution in [1.82, 2.24) is 16.0 Å². The van der Waals surface area contributed by atoms with E-state index < -0.39 is 9.84 Å². The number of carbonyl (C=O) groups excluding carboxylic acids is 1. The third kappa shape index (κ3) is 7.23. The molecule has 8 heteroatoms. The number of benzene rings is 2. The molecule has 0 aliphatic carbocycles. The van der Waals surface area contributed by atoms with Crippen LogP contribution in [0, 0.1) is 0 Å². The van der Waals surface area contributed by atoms with Crippen molar-refractivity contribution < 1.29 is 13.2 Å². The van der Waals surface area contributed by atoms with Crippen LogP contribution in [0.4, 0.5) is 0 Å². The van der Waals surface area contributed by atoms with Gasteiger partial charge in [0.2, 0.25) is 0 Å². The lowest BCUT2D eigenvalue weighted by Gasteiger charge is -2.12. The number of amides is 1. The Morgan fingerprint density at radius 3 is 2.38 bits per heavy atom. The second kappa shape index (κ2) is 10.6. The Bertz CT molecular complexity index is 954. The van der Waals surface area contributed by atoms with Gasteiger partial charge in [-0.15, -0.1) is 0 Å². The lowest BCUT2D eigenvalue weighted by molar-refractivity contribution is 0.0963. The third-order valence-corrected chi connectivity index (χ3v) is 5.37. The molecule has 2 aromatic carbocycles. The number of hydrogen-bond acceptors (Lipinski definition) is 4. The van der Waals surface area contributed by atoms with Crippen LogP contribution in [0.25, 0.3) is 0 Å². The highest BCUT2D eigenvalue weighted by Gasteiger charge is 2.06. The zero-order valence-corrected chi connectivity index (χ0v) is 17.8. The van der Waals surface area contributed by atoms with Gasteiger partial charge in [0.05, 0.1) is 11.4 Å². The quantitative estimate of drug-likeness (QED) is 0.450. The number of sulfone groups is 1. The van der Waals surface area contributed by atoms with Crippen LogP contribution in [0.5, 0.6) is 0 Å². The summed E-state index contributed by atoms with van der Waals surface area (Å²) < 4.78 is 23.1. The van der Waals surface area contributed by atoms with Crippen LogP contribution in [0.3, 0.4) is 0 Å². The second-order valence-electron chi connectivity index (χ2n) is 6.57. The zero-order chi connectivity index (χ0) is 21.3. The zero-order valence-electron chi connectivity index (χ0n) is 17.0. The highest BCUT2D eigenvalue weighted by molar-refractivity contribution is 7.90. The first-order valence-corrected chi connectivity index (χ1v) is 11.3. The molecule has 3 N–H and O–H groups in total. The minimum absolute atomic E-state index is 0.100. The SMILES string of the molecule is CCNC(=NCc1ccc(S(C)(=O)=O)cc1)NCCc1cccc(C(=O)NC)c1. The lowest BCUT2D eigenvalue weighted by atomic mass is 10.1. The van der Waals surface area contributed by atoms with Gasteiger partial charge in [0.25, 0.3) is 5.91 Å². The Morgan fingerprint density at radius 1 is 1.03 bits per heavy atom. The summed E-state index contributed by atoms with van der Waals surface area (Å²) in [5.74, 6) is 0.582. The van der Waals surface area contributed by atoms with Crippen molar-refractivity contribution in [3.63, 3.8) is 0 Å². The number of rotatable bonds is 8. The first-order valence-electron chi connectivity index (χ1n) is 9.45. The summed E-state index contributed by atoms with van der Waals surface area (Å²) in [5, 5.41) is 9.10. The maximum atomic E-state index is 11.7. The fourth-order valence-electron chi connectivity index (χ4n) is 2.69. The molecule has 0 fully saturated rings. The van der Waals surface area contributed by atoms with Gasteiger partial charge in [0, 0.05) is 32.0 Å². The van der Waals surface area contributed by atoms with Gasteiger partial charge in [-0.2, -0.15) is 0 Å². The van der Waals surface area contributed by atoms with Gasteiger partial charge in [-0.1, -0.05) is 24.3 Å². The highest BCUT2D eigenvalue weighted by Crippen LogP contribution is 2.11. The third-order valence-electron chi connectivity index (χ3n) is 4.24. The summed E-state index contributed by atoms with van der Waals surface area (Å²) in [7, 11) is -1.58. The fourth-order valence-corrected chi connectivity index (χ4v) is 3.32. The Balaban J connectivity index is 1.95. The molecule has 0 bridgehead atoms. The van der Waals surface area contributed by atoms with Gasteiger partial charge >= 0.3 is 0 Å². The van der Waals surface area contributed by atoms with Gasteiger partial charge in [0.1, 0.15) is 0 Å². The minimum Gasteiger partial charge on any atom is -0.357 e. The van der Waals surface area contributed by atoms with E-state index in [2.05, 4.69) is 20.9 Å². The molecule has 0 heterocycles. The molecule has 0 spiro atoms. The number of carbonyl (C=O) groups is 1. The molecule has 0 aliphatic rings. The molecule has 0 saturated carbocycles. The summed E-state index contributed by atoms with van der Waals surface area (Å²) in [6.07, 6.45) is 1.94. The molecule has 0 unspecified atom stereocenters. The van der Waals surface area contributed by atoms with Crippen LogP contribution in [0.1, 0.15) is 28.4 Å². The molecule has 0 aliphatic heterocycles. The van der Waals surface area contributed by atoms with Crippen molar-refractivity contribution in [1.29, 1.82) is 0 Å². The van der Waals surface area contributed by atoms with Crippen LogP contribution in [-0.4, -0.2) is 46.7 Å². The van der Waals surface area contributed by atoms with Gasteiger partial charge < -0.3 is 16.0 Å². The minimum atomic E-state index is -3.19. The van der Waals surface area contributed by atoms with Crippen molar-refractivity contribution >= 4 is 21.7 Å². The topological polar surface area (TPSA) is 99.7 Å². The highest BCUT2D eigenvalue weighted by atomic mass is 32.2. The van der Waals surface area contributed by atoms with Gasteiger partial charge in [0.15, 0.2) is 15.8 Å². The van der Waals surface area contributed by atoms with Gasteiger partial charge in [-0.05, 0) is 48.7 Å². The molecule has 0 atom stereocenters. The molecule has 29 heavy (non-hydrogen) atoms. The number of guanidine groups is 1. The van der Waals surface area contributed by atoms with Crippen molar-refractivity contribution in [3.8, 4) is 0 Å². The number of nitrogens with one attached hydrogen (secondary N) is 3. The maximum absolute atomic E-state index is 11.7. The number of hydrogen-bond donors (Lipinski definition) is 3. The van der Waals surface area contributed by atoms with Gasteiger partial charge in [-0.25, -0.2) is 13.4 Å². The molecule has 2 aromatic rings. The first kappa shape index (κ1) is 22.4. The molecule has 0 saturated heterocycles. The lowest BCUT2D eigenvalue weighted by Crippen LogP contribution is -2.38. The van der Waals surface area contributed by atoms with Crippen LogP contribution in [-0.2, 0) is 22.8 Å². The smallest absolute Gasteiger partial charge is 0.251 e. The standard InChI is InChI=1S/C21H28N4O3S/c1-4-23-21(25-15-17-8-10-19(11-9-17)29(3,27)28)24-13-12-16-6-5-7-18(14-16)20(26)22-2/h5-11,14H,4,12-13,15H2,1-3H3,(H,22,26)(H2,23,24,25). The molecule has 0 radical (unpaired) electrons. The average molecular weight is 417 g/mol. The van der Waals surface area contributed by atoms with E-state index in [1.54, 1.807) is 37.4 Å². The van der Waals surface area contributed by atoms with Crippen molar-refractivity contribution in [2.75, 3.05) is 26.4 Å². The summed E-state index contributed by atoms with van der Waals surface area (Å²) in [4.78, 5) is 16.6. The second-order valence-corrected chi connectivity index (χ2v) is 8.58. The van der Waals surface area contributed by atoms with E-state index in [1.807, 2.05) is 25.1 Å². The van der Waals surface area contributed by atoms with Crippen molar-refractivity contribution in [3.05, 3.63) is 65.2 Å². The number of aliphatic imine (C=N–C) groups is 1. The monoisotopic (exact) mass is 416 g/mol. The molecular formula is C21H28N4O3S. The van der Waals surface area contributed by atoms with Gasteiger partial charge in [-0.3, -0.25) is 4.79 Å². The van der Waals surface area contributed by atoms with Crippen LogP contribution in [0.2, 0.25) is 0 Å². The Labute approximate surface area is 172 Å². The van der Waals surface area contributed by atoms with E-state index in [4.69, 9.17) is 0 Å². The molecule has 7 nitrogen and oxygen atoms in total. The summed E-state index contributed by atoms with van der Waals surface area (Å²) in [5.41, 5.74) is 2.63. The Morgan fingerprint density at radius 2 is 1.76 bits per heavy atom. The van der Waals surface area contributed by atoms with E-state index in [1.165, 1.54) is 6.26 Å². The fraction of sp³-hybridized carbons (Fsp3) is 0.333. The molecule has 0 aromatic heterocycles. The largest absolute Gasteiger partial charge is 0.357 e. The molecule has 2 rings (SSSR count). The van der Waals surface area contributed by atoms with E-state index in [0.29, 0.717) is 29.5 Å². The van der Waals surface area contributed by atoms with Crippen LogP contribution < -0.4 is 16.0 Å². The molecule has 1 amide bonds. The van der Waals surface area contributed by atoms with E-state index in [9.17, 15) is 13.2 Å². The van der Waals surface area contributed by atoms with Crippen LogP contribution >= 0.6 is 0 Å². The molecular weight excluding hydrogens is 388 g/mol. The summed E-state index contributed by atoms with van der Waals surface area (Å²) in [6, 6.07) is 14.3. The number of nitrogens with zero attached hydrogens (tertiary/aromatic N) is 1. The van der Waals surface area contributed by atoms with Crippen molar-refractivity contribution in [2.24, 2.45) is 4.99 Å². The Kier molecular flexibility index (Phi) is 8.21.